The number of nitrogens with zero attached hydrogens (tertiary/aromatic N) is 1. The maximum absolute atomic E-state index is 14.3. The van der Waals surface area contributed by atoms with Crippen LogP contribution in [0.3, 0.4) is 0 Å². The molecular weight excluding hydrogens is 359 g/mol. The number of aliphatic hydroxyl groups excluding tert-OH is 1. The quantitative estimate of drug-likeness (QED) is 0.709. The van der Waals surface area contributed by atoms with Crippen LogP contribution in [0.15, 0.2) is 54.7 Å². The minimum absolute atomic E-state index is 0.0553. The summed E-state index contributed by atoms with van der Waals surface area (Å²) in [5.74, 6) is -0.948. The highest BCUT2D eigenvalue weighted by atomic mass is 19.1. The number of amides is 1. The van der Waals surface area contributed by atoms with Crippen molar-refractivity contribution in [2.24, 2.45) is 5.92 Å². The number of aromatic nitrogens is 1. The fourth-order valence-electron chi connectivity index (χ4n) is 3.74. The summed E-state index contributed by atoms with van der Waals surface area (Å²) in [6.07, 6.45) is 2.51. The summed E-state index contributed by atoms with van der Waals surface area (Å²) in [4.78, 5) is 17.4. The molecule has 1 aliphatic carbocycles. The molecule has 28 heavy (non-hydrogen) atoms. The van der Waals surface area contributed by atoms with Gasteiger partial charge in [0.25, 0.3) is 5.91 Å². The first-order valence-corrected chi connectivity index (χ1v) is 9.23. The molecule has 144 valence electrons. The van der Waals surface area contributed by atoms with Crippen LogP contribution in [0.25, 0.3) is 10.9 Å². The Hall–Kier alpha value is -2.99. The first kappa shape index (κ1) is 18.4. The van der Waals surface area contributed by atoms with Crippen molar-refractivity contribution in [1.82, 2.24) is 10.3 Å². The molecule has 0 aliphatic heterocycles. The number of fused-ring (bicyclic) bond motifs is 1. The zero-order valence-electron chi connectivity index (χ0n) is 15.4. The van der Waals surface area contributed by atoms with Crippen molar-refractivity contribution in [2.75, 3.05) is 7.11 Å². The van der Waals surface area contributed by atoms with Gasteiger partial charge in [-0.2, -0.15) is 0 Å². The van der Waals surface area contributed by atoms with Crippen LogP contribution in [0.1, 0.15) is 34.8 Å². The molecule has 1 amide bonds. The number of carbonyl (C=O) groups excluding carboxylic acids is 1. The zero-order chi connectivity index (χ0) is 19.7. The van der Waals surface area contributed by atoms with Crippen LogP contribution in [-0.4, -0.2) is 29.2 Å². The molecule has 3 aromatic rings. The van der Waals surface area contributed by atoms with Crippen LogP contribution in [-0.2, 0) is 0 Å². The van der Waals surface area contributed by atoms with Gasteiger partial charge in [0.15, 0.2) is 0 Å². The Labute approximate surface area is 162 Å². The number of nitrogens with one attached hydrogen (secondary N) is 1. The standard InChI is InChI=1S/C22H21FN2O3/c1-28-19-8-4-6-17(23)20(19)22(27)25-21(14-10-16(26)11-14)15-9-13-5-2-3-7-18(13)24-12-15/h2-9,12,14,16,21,26H,10-11H2,1H3,(H,25,27). The molecule has 0 saturated heterocycles. The van der Waals surface area contributed by atoms with E-state index in [0.717, 1.165) is 16.5 Å². The molecule has 2 aromatic carbocycles. The predicted octanol–water partition coefficient (Wildman–Crippen LogP) is 3.62. The van der Waals surface area contributed by atoms with Crippen molar-refractivity contribution >= 4 is 16.8 Å². The van der Waals surface area contributed by atoms with Gasteiger partial charge in [0.05, 0.1) is 24.8 Å². The fourth-order valence-corrected chi connectivity index (χ4v) is 3.74. The Bertz CT molecular complexity index is 1020. The van der Waals surface area contributed by atoms with Gasteiger partial charge in [0, 0.05) is 11.6 Å². The molecule has 1 atom stereocenters. The minimum atomic E-state index is -0.638. The van der Waals surface area contributed by atoms with Gasteiger partial charge in [-0.15, -0.1) is 0 Å². The van der Waals surface area contributed by atoms with E-state index in [9.17, 15) is 14.3 Å². The molecule has 1 aromatic heterocycles. The average molecular weight is 380 g/mol. The monoisotopic (exact) mass is 380 g/mol. The van der Waals surface area contributed by atoms with Crippen LogP contribution >= 0.6 is 0 Å². The van der Waals surface area contributed by atoms with Crippen molar-refractivity contribution in [2.45, 2.75) is 25.0 Å². The lowest BCUT2D eigenvalue weighted by molar-refractivity contribution is 0.0234. The van der Waals surface area contributed by atoms with Gasteiger partial charge in [0.1, 0.15) is 17.1 Å². The van der Waals surface area contributed by atoms with Crippen LogP contribution in [0.5, 0.6) is 5.75 Å². The lowest BCUT2D eigenvalue weighted by Gasteiger charge is -2.38. The van der Waals surface area contributed by atoms with E-state index in [2.05, 4.69) is 10.3 Å². The molecule has 6 heteroatoms. The van der Waals surface area contributed by atoms with Gasteiger partial charge in [-0.25, -0.2) is 4.39 Å². The number of methoxy groups -OCH3 is 1. The van der Waals surface area contributed by atoms with E-state index in [4.69, 9.17) is 4.74 Å². The zero-order valence-corrected chi connectivity index (χ0v) is 15.4. The van der Waals surface area contributed by atoms with Crippen molar-refractivity contribution in [3.8, 4) is 5.75 Å². The second kappa shape index (κ2) is 7.56. The maximum atomic E-state index is 14.3. The van der Waals surface area contributed by atoms with Crippen LogP contribution in [0.4, 0.5) is 4.39 Å². The Morgan fingerprint density at radius 1 is 1.25 bits per heavy atom. The largest absolute Gasteiger partial charge is 0.496 e. The first-order valence-electron chi connectivity index (χ1n) is 9.23. The summed E-state index contributed by atoms with van der Waals surface area (Å²) in [5.41, 5.74) is 1.57. The van der Waals surface area contributed by atoms with Crippen LogP contribution in [0, 0.1) is 11.7 Å². The summed E-state index contributed by atoms with van der Waals surface area (Å²) < 4.78 is 19.5. The molecule has 0 radical (unpaired) electrons. The summed E-state index contributed by atoms with van der Waals surface area (Å²) in [6, 6.07) is 13.6. The normalized spacial score (nSPS) is 19.7. The molecule has 1 fully saturated rings. The number of carbonyl (C=O) groups is 1. The number of hydrogen-bond donors (Lipinski definition) is 2. The minimum Gasteiger partial charge on any atom is -0.496 e. The van der Waals surface area contributed by atoms with Gasteiger partial charge in [-0.05, 0) is 48.6 Å². The molecular formula is C22H21FN2O3. The molecule has 0 spiro atoms. The van der Waals surface area contributed by atoms with Gasteiger partial charge >= 0.3 is 0 Å². The predicted molar refractivity (Wildman–Crippen MR) is 104 cm³/mol. The second-order valence-electron chi connectivity index (χ2n) is 7.11. The van der Waals surface area contributed by atoms with E-state index < -0.39 is 11.7 Å². The Balaban J connectivity index is 1.68. The third-order valence-electron chi connectivity index (χ3n) is 5.30. The van der Waals surface area contributed by atoms with Gasteiger partial charge in [0.2, 0.25) is 0 Å². The Morgan fingerprint density at radius 3 is 2.79 bits per heavy atom. The Morgan fingerprint density at radius 2 is 2.04 bits per heavy atom. The third-order valence-corrected chi connectivity index (χ3v) is 5.30. The van der Waals surface area contributed by atoms with E-state index in [1.165, 1.54) is 19.2 Å². The average Bonchev–Trinajstić information content (AvgIpc) is 2.69. The van der Waals surface area contributed by atoms with Crippen molar-refractivity contribution < 1.29 is 19.0 Å². The molecule has 2 N–H and O–H groups in total. The van der Waals surface area contributed by atoms with E-state index in [0.29, 0.717) is 12.8 Å². The van der Waals surface area contributed by atoms with Gasteiger partial charge < -0.3 is 15.2 Å². The van der Waals surface area contributed by atoms with Crippen LogP contribution < -0.4 is 10.1 Å². The lowest BCUT2D eigenvalue weighted by atomic mass is 9.75. The SMILES string of the molecule is COc1cccc(F)c1C(=O)NC(c1cnc2ccccc2c1)C1CC(O)C1. The van der Waals surface area contributed by atoms with Crippen molar-refractivity contribution in [3.05, 3.63) is 71.7 Å². The number of halogens is 1. The molecule has 1 aliphatic rings. The Kier molecular flexibility index (Phi) is 4.96. The highest BCUT2D eigenvalue weighted by molar-refractivity contribution is 5.97. The highest BCUT2D eigenvalue weighted by Crippen LogP contribution is 2.39. The lowest BCUT2D eigenvalue weighted by Crippen LogP contribution is -2.41. The summed E-state index contributed by atoms with van der Waals surface area (Å²) >= 11 is 0. The fraction of sp³-hybridized carbons (Fsp3) is 0.273. The topological polar surface area (TPSA) is 71.5 Å². The summed E-state index contributed by atoms with van der Waals surface area (Å²) in [5, 5.41) is 13.7. The van der Waals surface area contributed by atoms with Crippen LogP contribution in [0.2, 0.25) is 0 Å². The number of hydrogen-bond acceptors (Lipinski definition) is 4. The highest BCUT2D eigenvalue weighted by Gasteiger charge is 2.36. The molecule has 0 bridgehead atoms. The first-order chi connectivity index (χ1) is 13.6. The van der Waals surface area contributed by atoms with E-state index in [-0.39, 0.29) is 29.4 Å². The molecule has 1 heterocycles. The summed E-state index contributed by atoms with van der Waals surface area (Å²) in [7, 11) is 1.40. The number of rotatable bonds is 5. The van der Waals surface area contributed by atoms with E-state index in [1.807, 2.05) is 30.3 Å². The van der Waals surface area contributed by atoms with Gasteiger partial charge in [-0.3, -0.25) is 9.78 Å². The van der Waals surface area contributed by atoms with Gasteiger partial charge in [-0.1, -0.05) is 24.3 Å². The van der Waals surface area contributed by atoms with Crippen molar-refractivity contribution in [3.63, 3.8) is 0 Å². The van der Waals surface area contributed by atoms with Crippen molar-refractivity contribution in [1.29, 1.82) is 0 Å². The number of benzene rings is 2. The summed E-state index contributed by atoms with van der Waals surface area (Å²) in [6.45, 7) is 0. The third kappa shape index (κ3) is 3.43. The molecule has 1 unspecified atom stereocenters. The molecule has 1 saturated carbocycles. The number of para-hydroxylation sites is 1. The number of pyridine rings is 1. The maximum Gasteiger partial charge on any atom is 0.258 e. The number of ether oxygens (including phenoxy) is 1. The molecule has 4 rings (SSSR count). The van der Waals surface area contributed by atoms with E-state index >= 15 is 0 Å². The molecule has 5 nitrogen and oxygen atoms in total. The number of aliphatic hydroxyl groups is 1. The smallest absolute Gasteiger partial charge is 0.258 e. The van der Waals surface area contributed by atoms with E-state index in [1.54, 1.807) is 12.3 Å². The second-order valence-corrected chi connectivity index (χ2v) is 7.11.